The number of ether oxygens (including phenoxy) is 1. The lowest BCUT2D eigenvalue weighted by Crippen LogP contribution is -2.48. The molecule has 2 aliphatic heterocycles. The average Bonchev–Trinajstić information content (AvgIpc) is 2.56. The van der Waals surface area contributed by atoms with Crippen LogP contribution in [0, 0.1) is 0 Å². The molecule has 1 aromatic rings. The zero-order valence-electron chi connectivity index (χ0n) is 12.8. The van der Waals surface area contributed by atoms with Crippen LogP contribution in [0.2, 0.25) is 0 Å². The zero-order valence-corrected chi connectivity index (χ0v) is 12.8. The fourth-order valence-electron chi connectivity index (χ4n) is 3.16. The normalized spacial score (nSPS) is 25.0. The molecule has 0 spiro atoms. The quantitative estimate of drug-likeness (QED) is 0.881. The van der Waals surface area contributed by atoms with Gasteiger partial charge in [0.25, 0.3) is 0 Å². The van der Waals surface area contributed by atoms with E-state index >= 15 is 0 Å². The van der Waals surface area contributed by atoms with Crippen molar-refractivity contribution in [1.82, 2.24) is 15.1 Å². The molecule has 3 rings (SSSR count). The molecule has 2 aliphatic rings. The monoisotopic (exact) mass is 289 g/mol. The number of rotatable bonds is 5. The van der Waals surface area contributed by atoms with Crippen molar-refractivity contribution >= 4 is 0 Å². The van der Waals surface area contributed by atoms with Gasteiger partial charge in [0.05, 0.1) is 13.2 Å². The summed E-state index contributed by atoms with van der Waals surface area (Å²) in [6.45, 7) is 9.80. The molecule has 0 amide bonds. The van der Waals surface area contributed by atoms with Gasteiger partial charge in [0.1, 0.15) is 0 Å². The molecule has 0 radical (unpaired) electrons. The first kappa shape index (κ1) is 15.0. The summed E-state index contributed by atoms with van der Waals surface area (Å²) in [7, 11) is 0. The largest absolute Gasteiger partial charge is 0.379 e. The van der Waals surface area contributed by atoms with Crippen LogP contribution in [-0.4, -0.2) is 68.3 Å². The van der Waals surface area contributed by atoms with E-state index in [0.717, 1.165) is 26.3 Å². The Hall–Kier alpha value is -0.940. The van der Waals surface area contributed by atoms with Crippen LogP contribution >= 0.6 is 0 Å². The van der Waals surface area contributed by atoms with E-state index in [1.165, 1.54) is 44.7 Å². The predicted molar refractivity (Wildman–Crippen MR) is 85.4 cm³/mol. The third-order valence-electron chi connectivity index (χ3n) is 4.51. The van der Waals surface area contributed by atoms with Gasteiger partial charge in [0.15, 0.2) is 0 Å². The summed E-state index contributed by atoms with van der Waals surface area (Å²) >= 11 is 0. The highest BCUT2D eigenvalue weighted by Crippen LogP contribution is 2.09. The predicted octanol–water partition coefficient (Wildman–Crippen LogP) is 1.18. The summed E-state index contributed by atoms with van der Waals surface area (Å²) in [6.07, 6.45) is 1.21. The van der Waals surface area contributed by atoms with Gasteiger partial charge in [0, 0.05) is 45.3 Å². The Balaban J connectivity index is 1.35. The Labute approximate surface area is 128 Å². The molecule has 4 heteroatoms. The smallest absolute Gasteiger partial charge is 0.0620 e. The van der Waals surface area contributed by atoms with E-state index in [2.05, 4.69) is 45.4 Å². The van der Waals surface area contributed by atoms with Crippen molar-refractivity contribution in [2.24, 2.45) is 0 Å². The van der Waals surface area contributed by atoms with Crippen LogP contribution < -0.4 is 5.32 Å². The average molecular weight is 289 g/mol. The first-order valence-corrected chi connectivity index (χ1v) is 8.20. The van der Waals surface area contributed by atoms with Gasteiger partial charge in [-0.25, -0.2) is 0 Å². The molecule has 1 N–H and O–H groups in total. The number of nitrogens with zero attached hydrogens (tertiary/aromatic N) is 2. The second kappa shape index (κ2) is 7.90. The molecule has 0 bridgehead atoms. The van der Waals surface area contributed by atoms with Crippen LogP contribution in [0.5, 0.6) is 0 Å². The van der Waals surface area contributed by atoms with Gasteiger partial charge < -0.3 is 15.0 Å². The minimum Gasteiger partial charge on any atom is -0.379 e. The van der Waals surface area contributed by atoms with E-state index in [1.54, 1.807) is 0 Å². The molecule has 21 heavy (non-hydrogen) atoms. The van der Waals surface area contributed by atoms with Crippen LogP contribution in [0.15, 0.2) is 30.3 Å². The Kier molecular flexibility index (Phi) is 5.63. The maximum Gasteiger partial charge on any atom is 0.0620 e. The van der Waals surface area contributed by atoms with Crippen molar-refractivity contribution in [2.75, 3.05) is 52.5 Å². The zero-order chi connectivity index (χ0) is 14.3. The first-order chi connectivity index (χ1) is 10.4. The first-order valence-electron chi connectivity index (χ1n) is 8.20. The fourth-order valence-corrected chi connectivity index (χ4v) is 3.16. The van der Waals surface area contributed by atoms with Gasteiger partial charge in [-0.2, -0.15) is 0 Å². The Bertz CT molecular complexity index is 398. The van der Waals surface area contributed by atoms with Crippen LogP contribution in [0.1, 0.15) is 12.0 Å². The van der Waals surface area contributed by atoms with Gasteiger partial charge in [-0.3, -0.25) is 4.90 Å². The molecule has 1 aromatic carbocycles. The Morgan fingerprint density at radius 3 is 2.52 bits per heavy atom. The summed E-state index contributed by atoms with van der Waals surface area (Å²) < 4.78 is 5.52. The van der Waals surface area contributed by atoms with Crippen molar-refractivity contribution in [3.05, 3.63) is 35.9 Å². The standard InChI is InChI=1S/C17H27N3O/c1-2-4-16(5-3-1)14-20-11-9-19(10-12-20)8-6-17-15-21-13-7-18-17/h1-5,17-18H,6-15H2. The lowest BCUT2D eigenvalue weighted by atomic mass is 10.1. The van der Waals surface area contributed by atoms with Crippen molar-refractivity contribution in [2.45, 2.75) is 19.0 Å². The van der Waals surface area contributed by atoms with E-state index in [1.807, 2.05) is 0 Å². The lowest BCUT2D eigenvalue weighted by molar-refractivity contribution is 0.0646. The van der Waals surface area contributed by atoms with Gasteiger partial charge in [0.2, 0.25) is 0 Å². The van der Waals surface area contributed by atoms with E-state index in [9.17, 15) is 0 Å². The summed E-state index contributed by atoms with van der Waals surface area (Å²) in [4.78, 5) is 5.16. The molecule has 4 nitrogen and oxygen atoms in total. The van der Waals surface area contributed by atoms with E-state index in [4.69, 9.17) is 4.74 Å². The minimum atomic E-state index is 0.557. The van der Waals surface area contributed by atoms with E-state index in [-0.39, 0.29) is 0 Å². The third kappa shape index (κ3) is 4.78. The van der Waals surface area contributed by atoms with Gasteiger partial charge in [-0.1, -0.05) is 30.3 Å². The summed E-state index contributed by atoms with van der Waals surface area (Å²) in [5.41, 5.74) is 1.43. The number of benzene rings is 1. The minimum absolute atomic E-state index is 0.557. The molecule has 116 valence electrons. The van der Waals surface area contributed by atoms with Crippen LogP contribution in [0.25, 0.3) is 0 Å². The Morgan fingerprint density at radius 2 is 1.81 bits per heavy atom. The van der Waals surface area contributed by atoms with Crippen LogP contribution in [0.4, 0.5) is 0 Å². The molecule has 1 unspecified atom stereocenters. The molecular weight excluding hydrogens is 262 g/mol. The number of morpholine rings is 1. The molecule has 0 aromatic heterocycles. The summed E-state index contributed by atoms with van der Waals surface area (Å²) in [5.74, 6) is 0. The second-order valence-corrected chi connectivity index (χ2v) is 6.12. The lowest BCUT2D eigenvalue weighted by Gasteiger charge is -2.35. The topological polar surface area (TPSA) is 27.7 Å². The van der Waals surface area contributed by atoms with Gasteiger partial charge in [-0.15, -0.1) is 0 Å². The van der Waals surface area contributed by atoms with Crippen molar-refractivity contribution in [3.63, 3.8) is 0 Å². The van der Waals surface area contributed by atoms with E-state index in [0.29, 0.717) is 6.04 Å². The Morgan fingerprint density at radius 1 is 1.05 bits per heavy atom. The second-order valence-electron chi connectivity index (χ2n) is 6.12. The van der Waals surface area contributed by atoms with Crippen LogP contribution in [0.3, 0.4) is 0 Å². The molecular formula is C17H27N3O. The molecule has 0 saturated carbocycles. The maximum atomic E-state index is 5.52. The highest BCUT2D eigenvalue weighted by Gasteiger charge is 2.19. The molecule has 2 fully saturated rings. The van der Waals surface area contributed by atoms with Gasteiger partial charge in [-0.05, 0) is 18.5 Å². The number of piperazine rings is 1. The number of nitrogens with one attached hydrogen (secondary N) is 1. The van der Waals surface area contributed by atoms with E-state index < -0.39 is 0 Å². The molecule has 1 atom stereocenters. The molecule has 2 heterocycles. The highest BCUT2D eigenvalue weighted by molar-refractivity contribution is 5.14. The fraction of sp³-hybridized carbons (Fsp3) is 0.647. The highest BCUT2D eigenvalue weighted by atomic mass is 16.5. The van der Waals surface area contributed by atoms with Crippen LogP contribution in [-0.2, 0) is 11.3 Å². The summed E-state index contributed by atoms with van der Waals surface area (Å²) in [5, 5.41) is 3.54. The number of hydrogen-bond acceptors (Lipinski definition) is 4. The van der Waals surface area contributed by atoms with Gasteiger partial charge >= 0.3 is 0 Å². The SMILES string of the molecule is c1ccc(CN2CCN(CCC3COCCN3)CC2)cc1. The number of hydrogen-bond donors (Lipinski definition) is 1. The summed E-state index contributed by atoms with van der Waals surface area (Å²) in [6, 6.07) is 11.4. The van der Waals surface area contributed by atoms with Crippen molar-refractivity contribution in [3.8, 4) is 0 Å². The van der Waals surface area contributed by atoms with Crippen molar-refractivity contribution in [1.29, 1.82) is 0 Å². The molecule has 0 aliphatic carbocycles. The third-order valence-corrected chi connectivity index (χ3v) is 4.51. The molecule has 2 saturated heterocycles. The maximum absolute atomic E-state index is 5.52. The van der Waals surface area contributed by atoms with Crippen molar-refractivity contribution < 1.29 is 4.74 Å².